The van der Waals surface area contributed by atoms with E-state index >= 15 is 0 Å². The number of likely N-dealkylation sites (N-methyl/N-ethyl adjacent to an activating group) is 1. The maximum atomic E-state index is 11.8. The van der Waals surface area contributed by atoms with Crippen LogP contribution in [0.5, 0.6) is 0 Å². The van der Waals surface area contributed by atoms with E-state index in [0.717, 1.165) is 11.3 Å². The van der Waals surface area contributed by atoms with Crippen molar-refractivity contribution in [3.8, 4) is 0 Å². The van der Waals surface area contributed by atoms with Crippen molar-refractivity contribution < 1.29 is 9.90 Å². The van der Waals surface area contributed by atoms with E-state index in [1.54, 1.807) is 6.92 Å². The molecule has 1 amide bonds. The zero-order valence-electron chi connectivity index (χ0n) is 11.6. The minimum absolute atomic E-state index is 0.0355. The number of carbonyl (C=O) groups is 1. The summed E-state index contributed by atoms with van der Waals surface area (Å²) in [5.74, 6) is -0.0355. The van der Waals surface area contributed by atoms with Crippen LogP contribution >= 0.6 is 0 Å². The fraction of sp³-hybridized carbons (Fsp3) is 0.500. The van der Waals surface area contributed by atoms with Crippen molar-refractivity contribution in [3.63, 3.8) is 0 Å². The van der Waals surface area contributed by atoms with Gasteiger partial charge in [-0.2, -0.15) is 0 Å². The molecule has 0 saturated carbocycles. The topological polar surface area (TPSA) is 78.6 Å². The molecule has 0 saturated heterocycles. The van der Waals surface area contributed by atoms with Gasteiger partial charge >= 0.3 is 0 Å². The smallest absolute Gasteiger partial charge is 0.225 e. The van der Waals surface area contributed by atoms with Crippen molar-refractivity contribution in [1.82, 2.24) is 4.90 Å². The van der Waals surface area contributed by atoms with Crippen molar-refractivity contribution in [2.45, 2.75) is 26.0 Å². The molecule has 1 atom stereocenters. The second kappa shape index (κ2) is 7.89. The average molecular weight is 265 g/mol. The Balaban J connectivity index is 2.38. The zero-order valence-corrected chi connectivity index (χ0v) is 11.6. The minimum atomic E-state index is -0.380. The van der Waals surface area contributed by atoms with Crippen LogP contribution in [0, 0.1) is 0 Å². The number of carbonyl (C=O) groups excluding carboxylic acids is 1. The summed E-state index contributed by atoms with van der Waals surface area (Å²) in [7, 11) is 1.88. The minimum Gasteiger partial charge on any atom is -0.392 e. The van der Waals surface area contributed by atoms with Crippen LogP contribution in [0.4, 0.5) is 5.69 Å². The molecule has 0 fully saturated rings. The highest BCUT2D eigenvalue weighted by Crippen LogP contribution is 2.10. The Kier molecular flexibility index (Phi) is 6.49. The monoisotopic (exact) mass is 265 g/mol. The van der Waals surface area contributed by atoms with E-state index in [4.69, 9.17) is 5.73 Å². The van der Waals surface area contributed by atoms with Crippen LogP contribution in [0.1, 0.15) is 18.9 Å². The van der Waals surface area contributed by atoms with Gasteiger partial charge in [-0.1, -0.05) is 12.1 Å². The lowest BCUT2D eigenvalue weighted by atomic mass is 10.2. The zero-order chi connectivity index (χ0) is 14.3. The summed E-state index contributed by atoms with van der Waals surface area (Å²) in [5, 5.41) is 12.1. The molecule has 0 aliphatic rings. The number of anilines is 1. The molecule has 0 aliphatic carbocycles. The van der Waals surface area contributed by atoms with Gasteiger partial charge in [-0.3, -0.25) is 4.79 Å². The third kappa shape index (κ3) is 6.33. The number of rotatable bonds is 7. The molecule has 0 aromatic heterocycles. The summed E-state index contributed by atoms with van der Waals surface area (Å²) in [5.41, 5.74) is 7.31. The van der Waals surface area contributed by atoms with Crippen molar-refractivity contribution in [1.29, 1.82) is 0 Å². The fourth-order valence-electron chi connectivity index (χ4n) is 1.83. The normalized spacial score (nSPS) is 12.5. The Hall–Kier alpha value is -1.43. The highest BCUT2D eigenvalue weighted by molar-refractivity contribution is 5.90. The largest absolute Gasteiger partial charge is 0.392 e. The highest BCUT2D eigenvalue weighted by atomic mass is 16.3. The lowest BCUT2D eigenvalue weighted by molar-refractivity contribution is -0.116. The van der Waals surface area contributed by atoms with Crippen LogP contribution in [-0.2, 0) is 11.3 Å². The second-order valence-corrected chi connectivity index (χ2v) is 4.81. The lowest BCUT2D eigenvalue weighted by Crippen LogP contribution is -2.30. The van der Waals surface area contributed by atoms with E-state index < -0.39 is 0 Å². The number of benzene rings is 1. The number of hydrogen-bond donors (Lipinski definition) is 3. The number of nitrogens with zero attached hydrogens (tertiary/aromatic N) is 1. The Morgan fingerprint density at radius 1 is 1.53 bits per heavy atom. The van der Waals surface area contributed by atoms with E-state index in [1.807, 2.05) is 36.2 Å². The summed E-state index contributed by atoms with van der Waals surface area (Å²) in [4.78, 5) is 13.7. The van der Waals surface area contributed by atoms with Crippen molar-refractivity contribution >= 4 is 11.6 Å². The maximum absolute atomic E-state index is 11.8. The number of nitrogens with one attached hydrogen (secondary N) is 1. The van der Waals surface area contributed by atoms with Crippen molar-refractivity contribution in [2.75, 3.05) is 25.5 Å². The summed E-state index contributed by atoms with van der Waals surface area (Å²) in [6, 6.07) is 7.51. The molecule has 0 bridgehead atoms. The third-order valence-corrected chi connectivity index (χ3v) is 2.74. The number of nitrogens with two attached hydrogens (primary N) is 1. The summed E-state index contributed by atoms with van der Waals surface area (Å²) in [6.45, 7) is 3.37. The van der Waals surface area contributed by atoms with Gasteiger partial charge in [0, 0.05) is 31.7 Å². The van der Waals surface area contributed by atoms with Gasteiger partial charge in [-0.25, -0.2) is 0 Å². The molecule has 1 aromatic rings. The van der Waals surface area contributed by atoms with Crippen LogP contribution < -0.4 is 11.1 Å². The Morgan fingerprint density at radius 2 is 2.26 bits per heavy atom. The number of aliphatic hydroxyl groups excluding tert-OH is 1. The van der Waals surface area contributed by atoms with Gasteiger partial charge < -0.3 is 21.1 Å². The molecule has 19 heavy (non-hydrogen) atoms. The molecule has 4 N–H and O–H groups in total. The maximum Gasteiger partial charge on any atom is 0.225 e. The van der Waals surface area contributed by atoms with Gasteiger partial charge in [0.25, 0.3) is 0 Å². The molecule has 1 rings (SSSR count). The van der Waals surface area contributed by atoms with E-state index in [-0.39, 0.29) is 12.0 Å². The van der Waals surface area contributed by atoms with E-state index in [2.05, 4.69) is 5.32 Å². The van der Waals surface area contributed by atoms with Gasteiger partial charge in [-0.15, -0.1) is 0 Å². The predicted molar refractivity (Wildman–Crippen MR) is 76.8 cm³/mol. The predicted octanol–water partition coefficient (Wildman–Crippen LogP) is 0.786. The first-order valence-corrected chi connectivity index (χ1v) is 6.46. The Bertz CT molecular complexity index is 407. The first-order chi connectivity index (χ1) is 9.01. The van der Waals surface area contributed by atoms with E-state index in [1.165, 1.54) is 0 Å². The molecule has 0 aliphatic heterocycles. The van der Waals surface area contributed by atoms with E-state index in [0.29, 0.717) is 26.1 Å². The number of amides is 1. The van der Waals surface area contributed by atoms with Gasteiger partial charge in [0.15, 0.2) is 0 Å². The molecule has 0 heterocycles. The Labute approximate surface area is 114 Å². The molecule has 1 aromatic carbocycles. The number of hydrogen-bond acceptors (Lipinski definition) is 4. The van der Waals surface area contributed by atoms with Crippen molar-refractivity contribution in [3.05, 3.63) is 29.8 Å². The number of aliphatic hydroxyl groups is 1. The fourth-order valence-corrected chi connectivity index (χ4v) is 1.83. The van der Waals surface area contributed by atoms with Gasteiger partial charge in [0.05, 0.1) is 6.10 Å². The molecule has 5 nitrogen and oxygen atoms in total. The highest BCUT2D eigenvalue weighted by Gasteiger charge is 2.07. The standard InChI is InChI=1S/C14H23N3O2/c1-11(18)10-17(2)7-6-14(19)16-13-5-3-4-12(8-13)9-15/h3-5,8,11,18H,6-7,9-10,15H2,1-2H3,(H,16,19). The van der Waals surface area contributed by atoms with Gasteiger partial charge in [-0.05, 0) is 31.7 Å². The van der Waals surface area contributed by atoms with Gasteiger partial charge in [0.2, 0.25) is 5.91 Å². The first-order valence-electron chi connectivity index (χ1n) is 6.46. The van der Waals surface area contributed by atoms with Crippen LogP contribution in [0.25, 0.3) is 0 Å². The SMILES string of the molecule is CC(O)CN(C)CCC(=O)Nc1cccc(CN)c1. The molecular weight excluding hydrogens is 242 g/mol. The van der Waals surface area contributed by atoms with Gasteiger partial charge in [0.1, 0.15) is 0 Å². The summed E-state index contributed by atoms with van der Waals surface area (Å²) < 4.78 is 0. The lowest BCUT2D eigenvalue weighted by Gasteiger charge is -2.17. The molecule has 106 valence electrons. The Morgan fingerprint density at radius 3 is 2.89 bits per heavy atom. The first kappa shape index (κ1) is 15.6. The summed E-state index contributed by atoms with van der Waals surface area (Å²) >= 11 is 0. The molecule has 0 spiro atoms. The van der Waals surface area contributed by atoms with Crippen molar-refractivity contribution in [2.24, 2.45) is 5.73 Å². The molecule has 5 heteroatoms. The molecule has 1 unspecified atom stereocenters. The van der Waals surface area contributed by atoms with Crippen LogP contribution in [-0.4, -0.2) is 42.2 Å². The second-order valence-electron chi connectivity index (χ2n) is 4.81. The average Bonchev–Trinajstić information content (AvgIpc) is 2.36. The van der Waals surface area contributed by atoms with Crippen LogP contribution in [0.2, 0.25) is 0 Å². The summed E-state index contributed by atoms with van der Waals surface area (Å²) in [6.07, 6.45) is 0.0186. The molecular formula is C14H23N3O2. The quantitative estimate of drug-likeness (QED) is 0.681. The van der Waals surface area contributed by atoms with E-state index in [9.17, 15) is 9.90 Å². The third-order valence-electron chi connectivity index (χ3n) is 2.74. The van der Waals surface area contributed by atoms with Crippen LogP contribution in [0.3, 0.4) is 0 Å². The van der Waals surface area contributed by atoms with Crippen LogP contribution in [0.15, 0.2) is 24.3 Å². The molecule has 0 radical (unpaired) electrons.